The van der Waals surface area contributed by atoms with E-state index in [1.165, 1.54) is 6.26 Å². The molecule has 1 aliphatic heterocycles. The lowest BCUT2D eigenvalue weighted by Gasteiger charge is -2.28. The summed E-state index contributed by atoms with van der Waals surface area (Å²) in [7, 11) is 0. The second kappa shape index (κ2) is 6.62. The number of aromatic nitrogens is 1. The third-order valence-electron chi connectivity index (χ3n) is 3.70. The molecule has 3 heterocycles. The molecule has 2 aromatic rings. The number of nitrogens with zero attached hydrogens (tertiary/aromatic N) is 2. The highest BCUT2D eigenvalue weighted by atomic mass is 16.5. The smallest absolute Gasteiger partial charge is 0.255 e. The molecule has 0 spiro atoms. The van der Waals surface area contributed by atoms with Crippen LogP contribution in [0, 0.1) is 6.92 Å². The average Bonchev–Trinajstić information content (AvgIpc) is 3.00. The van der Waals surface area contributed by atoms with Crippen molar-refractivity contribution in [2.24, 2.45) is 0 Å². The van der Waals surface area contributed by atoms with Crippen LogP contribution in [0.15, 0.2) is 35.1 Å². The fraction of sp³-hybridized carbons (Fsp3) is 0.375. The van der Waals surface area contributed by atoms with Crippen molar-refractivity contribution in [1.82, 2.24) is 10.3 Å². The number of aryl methyl sites for hydroxylation is 1. The summed E-state index contributed by atoms with van der Waals surface area (Å²) in [5.74, 6) is 1.42. The number of morpholine rings is 1. The molecule has 1 N–H and O–H groups in total. The molecule has 3 rings (SSSR count). The van der Waals surface area contributed by atoms with Crippen LogP contribution in [-0.2, 0) is 11.3 Å². The van der Waals surface area contributed by atoms with Gasteiger partial charge in [-0.05, 0) is 30.7 Å². The molecule has 1 aliphatic rings. The minimum atomic E-state index is -0.129. The van der Waals surface area contributed by atoms with E-state index >= 15 is 0 Å². The monoisotopic (exact) mass is 301 g/mol. The molecule has 0 aliphatic carbocycles. The molecule has 1 amide bonds. The van der Waals surface area contributed by atoms with Crippen LogP contribution in [0.4, 0.5) is 5.82 Å². The Balaban J connectivity index is 1.63. The van der Waals surface area contributed by atoms with E-state index in [9.17, 15) is 4.79 Å². The molecular weight excluding hydrogens is 282 g/mol. The molecule has 6 nitrogen and oxygen atoms in total. The summed E-state index contributed by atoms with van der Waals surface area (Å²) in [6.07, 6.45) is 3.29. The number of pyridine rings is 1. The molecule has 2 aromatic heterocycles. The van der Waals surface area contributed by atoms with E-state index in [4.69, 9.17) is 9.15 Å². The number of anilines is 1. The fourth-order valence-electron chi connectivity index (χ4n) is 2.43. The molecule has 0 atom stereocenters. The number of hydrogen-bond donors (Lipinski definition) is 1. The quantitative estimate of drug-likeness (QED) is 0.932. The van der Waals surface area contributed by atoms with Crippen LogP contribution in [0.1, 0.15) is 21.7 Å². The summed E-state index contributed by atoms with van der Waals surface area (Å²) in [4.78, 5) is 18.7. The lowest BCUT2D eigenvalue weighted by atomic mass is 10.2. The molecule has 0 unspecified atom stereocenters. The molecule has 1 saturated heterocycles. The van der Waals surface area contributed by atoms with Crippen molar-refractivity contribution >= 4 is 11.7 Å². The Morgan fingerprint density at radius 1 is 1.36 bits per heavy atom. The van der Waals surface area contributed by atoms with Gasteiger partial charge in [0, 0.05) is 25.8 Å². The highest BCUT2D eigenvalue weighted by molar-refractivity contribution is 5.94. The SMILES string of the molecule is Cc1occc1C(=O)NCc1ccnc(N2CCOCC2)c1. The minimum absolute atomic E-state index is 0.129. The average molecular weight is 301 g/mol. The summed E-state index contributed by atoms with van der Waals surface area (Å²) < 4.78 is 10.5. The maximum atomic E-state index is 12.1. The third-order valence-corrected chi connectivity index (χ3v) is 3.70. The van der Waals surface area contributed by atoms with E-state index in [0.717, 1.165) is 37.7 Å². The zero-order valence-electron chi connectivity index (χ0n) is 12.5. The van der Waals surface area contributed by atoms with Crippen molar-refractivity contribution < 1.29 is 13.9 Å². The van der Waals surface area contributed by atoms with Gasteiger partial charge in [0.15, 0.2) is 0 Å². The number of amides is 1. The Morgan fingerprint density at radius 3 is 2.91 bits per heavy atom. The standard InChI is InChI=1S/C16H19N3O3/c1-12-14(3-7-22-12)16(20)18-11-13-2-4-17-15(10-13)19-5-8-21-9-6-19/h2-4,7,10H,5-6,8-9,11H2,1H3,(H,18,20). The Labute approximate surface area is 129 Å². The van der Waals surface area contributed by atoms with Crippen LogP contribution in [0.25, 0.3) is 0 Å². The number of rotatable bonds is 4. The highest BCUT2D eigenvalue weighted by Gasteiger charge is 2.14. The summed E-state index contributed by atoms with van der Waals surface area (Å²) >= 11 is 0. The number of carbonyl (C=O) groups is 1. The Hall–Kier alpha value is -2.34. The first-order valence-electron chi connectivity index (χ1n) is 7.34. The molecule has 1 fully saturated rings. The van der Waals surface area contributed by atoms with Gasteiger partial charge in [-0.2, -0.15) is 0 Å². The van der Waals surface area contributed by atoms with E-state index < -0.39 is 0 Å². The van der Waals surface area contributed by atoms with Gasteiger partial charge in [-0.25, -0.2) is 4.98 Å². The highest BCUT2D eigenvalue weighted by Crippen LogP contribution is 2.14. The van der Waals surface area contributed by atoms with Crippen molar-refractivity contribution in [2.45, 2.75) is 13.5 Å². The van der Waals surface area contributed by atoms with Gasteiger partial charge in [0.2, 0.25) is 0 Å². The van der Waals surface area contributed by atoms with E-state index in [1.54, 1.807) is 19.2 Å². The summed E-state index contributed by atoms with van der Waals surface area (Å²) in [5, 5.41) is 2.90. The maximum absolute atomic E-state index is 12.1. The van der Waals surface area contributed by atoms with E-state index in [2.05, 4.69) is 15.2 Å². The maximum Gasteiger partial charge on any atom is 0.255 e. The van der Waals surface area contributed by atoms with Crippen molar-refractivity contribution in [2.75, 3.05) is 31.2 Å². The van der Waals surface area contributed by atoms with Crippen molar-refractivity contribution in [1.29, 1.82) is 0 Å². The first kappa shape index (κ1) is 14.6. The molecule has 0 aromatic carbocycles. The van der Waals surface area contributed by atoms with Gasteiger partial charge >= 0.3 is 0 Å². The molecular formula is C16H19N3O3. The lowest BCUT2D eigenvalue weighted by Crippen LogP contribution is -2.36. The third kappa shape index (κ3) is 3.28. The molecule has 0 saturated carbocycles. The normalized spacial score (nSPS) is 14.9. The van der Waals surface area contributed by atoms with Crippen LogP contribution >= 0.6 is 0 Å². The predicted octanol–water partition coefficient (Wildman–Crippen LogP) is 1.75. The van der Waals surface area contributed by atoms with Crippen LogP contribution in [0.2, 0.25) is 0 Å². The first-order chi connectivity index (χ1) is 10.7. The largest absolute Gasteiger partial charge is 0.469 e. The topological polar surface area (TPSA) is 67.6 Å². The summed E-state index contributed by atoms with van der Waals surface area (Å²) in [5.41, 5.74) is 1.59. The Morgan fingerprint density at radius 2 is 2.18 bits per heavy atom. The minimum Gasteiger partial charge on any atom is -0.469 e. The molecule has 0 bridgehead atoms. The molecule has 0 radical (unpaired) electrons. The fourth-order valence-corrected chi connectivity index (χ4v) is 2.43. The first-order valence-corrected chi connectivity index (χ1v) is 7.34. The van der Waals surface area contributed by atoms with Crippen LogP contribution in [-0.4, -0.2) is 37.2 Å². The predicted molar refractivity (Wildman–Crippen MR) is 81.9 cm³/mol. The van der Waals surface area contributed by atoms with Crippen molar-refractivity contribution in [3.8, 4) is 0 Å². The van der Waals surface area contributed by atoms with Gasteiger partial charge < -0.3 is 19.4 Å². The Kier molecular flexibility index (Phi) is 4.39. The second-order valence-electron chi connectivity index (χ2n) is 5.19. The van der Waals surface area contributed by atoms with E-state index in [0.29, 0.717) is 17.9 Å². The van der Waals surface area contributed by atoms with Crippen LogP contribution in [0.5, 0.6) is 0 Å². The van der Waals surface area contributed by atoms with Gasteiger partial charge in [0.1, 0.15) is 11.6 Å². The van der Waals surface area contributed by atoms with Crippen molar-refractivity contribution in [3.05, 3.63) is 47.5 Å². The van der Waals surface area contributed by atoms with E-state index in [-0.39, 0.29) is 5.91 Å². The zero-order valence-corrected chi connectivity index (χ0v) is 12.5. The van der Waals surface area contributed by atoms with Crippen molar-refractivity contribution in [3.63, 3.8) is 0 Å². The van der Waals surface area contributed by atoms with E-state index in [1.807, 2.05) is 12.1 Å². The summed E-state index contributed by atoms with van der Waals surface area (Å²) in [6.45, 7) is 5.38. The number of furan rings is 1. The van der Waals surface area contributed by atoms with Gasteiger partial charge in [-0.1, -0.05) is 0 Å². The Bertz CT molecular complexity index is 648. The summed E-state index contributed by atoms with van der Waals surface area (Å²) in [6, 6.07) is 5.59. The number of carbonyl (C=O) groups excluding carboxylic acids is 1. The van der Waals surface area contributed by atoms with Gasteiger partial charge in [-0.3, -0.25) is 4.79 Å². The molecule has 22 heavy (non-hydrogen) atoms. The number of hydrogen-bond acceptors (Lipinski definition) is 5. The lowest BCUT2D eigenvalue weighted by molar-refractivity contribution is 0.0949. The van der Waals surface area contributed by atoms with Gasteiger partial charge in [0.05, 0.1) is 25.0 Å². The zero-order chi connectivity index (χ0) is 15.4. The second-order valence-corrected chi connectivity index (χ2v) is 5.19. The molecule has 6 heteroatoms. The number of nitrogens with one attached hydrogen (secondary N) is 1. The van der Waals surface area contributed by atoms with Gasteiger partial charge in [0.25, 0.3) is 5.91 Å². The van der Waals surface area contributed by atoms with Gasteiger partial charge in [-0.15, -0.1) is 0 Å². The van der Waals surface area contributed by atoms with Crippen LogP contribution in [0.3, 0.4) is 0 Å². The molecule has 116 valence electrons. The van der Waals surface area contributed by atoms with Crippen LogP contribution < -0.4 is 10.2 Å². The number of ether oxygens (including phenoxy) is 1.